The fourth-order valence-electron chi connectivity index (χ4n) is 3.12. The third kappa shape index (κ3) is 6.86. The number of rotatable bonds is 7. The lowest BCUT2D eigenvalue weighted by Crippen LogP contribution is -2.46. The fraction of sp³-hybridized carbons (Fsp3) is 0.550. The third-order valence-electron chi connectivity index (χ3n) is 4.84. The Hall–Kier alpha value is -2.08. The van der Waals surface area contributed by atoms with E-state index < -0.39 is 12.1 Å². The summed E-state index contributed by atoms with van der Waals surface area (Å²) in [6.45, 7) is 3.82. The van der Waals surface area contributed by atoms with Gasteiger partial charge in [0.15, 0.2) is 6.10 Å². The third-order valence-corrected chi connectivity index (χ3v) is 5.09. The summed E-state index contributed by atoms with van der Waals surface area (Å²) in [5.74, 6) is -0.650. The van der Waals surface area contributed by atoms with Gasteiger partial charge < -0.3 is 15.4 Å². The number of hydrogen-bond acceptors (Lipinski definition) is 4. The first-order chi connectivity index (χ1) is 12.9. The van der Waals surface area contributed by atoms with Gasteiger partial charge in [0.05, 0.1) is 6.42 Å². The minimum atomic E-state index is -0.849. The zero-order valence-electron chi connectivity index (χ0n) is 15.8. The van der Waals surface area contributed by atoms with Crippen molar-refractivity contribution in [1.82, 2.24) is 10.6 Å². The van der Waals surface area contributed by atoms with Crippen LogP contribution in [-0.2, 0) is 14.3 Å². The Morgan fingerprint density at radius 2 is 1.85 bits per heavy atom. The summed E-state index contributed by atoms with van der Waals surface area (Å²) < 4.78 is 5.17. The molecule has 27 heavy (non-hydrogen) atoms. The van der Waals surface area contributed by atoms with Gasteiger partial charge in [0.1, 0.15) is 0 Å². The molecule has 3 atom stereocenters. The van der Waals surface area contributed by atoms with Crippen LogP contribution in [0.25, 0.3) is 0 Å². The molecule has 0 spiro atoms. The Morgan fingerprint density at radius 1 is 1.19 bits per heavy atom. The summed E-state index contributed by atoms with van der Waals surface area (Å²) in [6, 6.07) is 6.60. The number of benzene rings is 1. The highest BCUT2D eigenvalue weighted by atomic mass is 35.5. The highest BCUT2D eigenvalue weighted by molar-refractivity contribution is 6.30. The second-order valence-corrected chi connectivity index (χ2v) is 7.46. The molecule has 0 aliphatic heterocycles. The highest BCUT2D eigenvalue weighted by Gasteiger charge is 2.26. The fourth-order valence-corrected chi connectivity index (χ4v) is 3.25. The summed E-state index contributed by atoms with van der Waals surface area (Å²) in [5, 5.41) is 6.16. The van der Waals surface area contributed by atoms with Crippen molar-refractivity contribution in [2.45, 2.75) is 58.1 Å². The Kier molecular flexibility index (Phi) is 8.10. The van der Waals surface area contributed by atoms with Gasteiger partial charge in [0.2, 0.25) is 0 Å². The predicted molar refractivity (Wildman–Crippen MR) is 104 cm³/mol. The van der Waals surface area contributed by atoms with Crippen molar-refractivity contribution in [2.24, 2.45) is 5.92 Å². The molecule has 0 aromatic heterocycles. The molecule has 0 unspecified atom stereocenters. The van der Waals surface area contributed by atoms with E-state index in [1.54, 1.807) is 31.2 Å². The van der Waals surface area contributed by atoms with Crippen LogP contribution in [0.1, 0.15) is 56.3 Å². The molecule has 1 aliphatic carbocycles. The molecule has 1 fully saturated rings. The second kappa shape index (κ2) is 10.3. The van der Waals surface area contributed by atoms with Crippen LogP contribution in [-0.4, -0.2) is 36.5 Å². The van der Waals surface area contributed by atoms with Gasteiger partial charge in [-0.05, 0) is 49.9 Å². The number of hydrogen-bond donors (Lipinski definition) is 2. The van der Waals surface area contributed by atoms with Crippen molar-refractivity contribution in [3.05, 3.63) is 34.9 Å². The van der Waals surface area contributed by atoms with Crippen molar-refractivity contribution in [3.63, 3.8) is 0 Å². The Labute approximate surface area is 165 Å². The summed E-state index contributed by atoms with van der Waals surface area (Å²) in [5.41, 5.74) is 0.460. The standard InChI is InChI=1S/C20H27ClN2O4/c1-13-5-3-4-6-17(13)23-19(25)14(2)27-18(24)11-12-22-20(26)15-7-9-16(21)10-8-15/h7-10,13-14,17H,3-6,11-12H2,1-2H3,(H,22,26)(H,23,25)/t13-,14-,17+/m1/s1. The molecular weight excluding hydrogens is 368 g/mol. The van der Waals surface area contributed by atoms with Gasteiger partial charge in [-0.25, -0.2) is 0 Å². The smallest absolute Gasteiger partial charge is 0.308 e. The average Bonchev–Trinajstić information content (AvgIpc) is 2.64. The summed E-state index contributed by atoms with van der Waals surface area (Å²) in [6.07, 6.45) is 3.52. The van der Waals surface area contributed by atoms with Crippen LogP contribution in [0, 0.1) is 5.92 Å². The Balaban J connectivity index is 1.68. The van der Waals surface area contributed by atoms with Crippen molar-refractivity contribution in [2.75, 3.05) is 6.54 Å². The summed E-state index contributed by atoms with van der Waals surface area (Å²) in [7, 11) is 0. The van der Waals surface area contributed by atoms with Gasteiger partial charge in [-0.15, -0.1) is 0 Å². The molecule has 2 amide bonds. The second-order valence-electron chi connectivity index (χ2n) is 7.02. The Bertz CT molecular complexity index is 662. The minimum absolute atomic E-state index is 0.00319. The number of halogens is 1. The van der Waals surface area contributed by atoms with E-state index in [1.807, 2.05) is 0 Å². The van der Waals surface area contributed by atoms with Gasteiger partial charge in [0, 0.05) is 23.2 Å². The molecule has 6 nitrogen and oxygen atoms in total. The predicted octanol–water partition coefficient (Wildman–Crippen LogP) is 3.09. The number of nitrogens with one attached hydrogen (secondary N) is 2. The lowest BCUT2D eigenvalue weighted by atomic mass is 9.86. The number of ether oxygens (including phenoxy) is 1. The van der Waals surface area contributed by atoms with E-state index in [-0.39, 0.29) is 30.8 Å². The lowest BCUT2D eigenvalue weighted by molar-refractivity contribution is -0.155. The molecule has 1 aromatic carbocycles. The van der Waals surface area contributed by atoms with Crippen LogP contribution >= 0.6 is 11.6 Å². The van der Waals surface area contributed by atoms with E-state index >= 15 is 0 Å². The quantitative estimate of drug-likeness (QED) is 0.696. The van der Waals surface area contributed by atoms with E-state index in [9.17, 15) is 14.4 Å². The number of carbonyl (C=O) groups is 3. The van der Waals surface area contributed by atoms with Crippen LogP contribution in [0.3, 0.4) is 0 Å². The van der Waals surface area contributed by atoms with Gasteiger partial charge in [0.25, 0.3) is 11.8 Å². The van der Waals surface area contributed by atoms with Gasteiger partial charge in [-0.2, -0.15) is 0 Å². The first-order valence-corrected chi connectivity index (χ1v) is 9.78. The van der Waals surface area contributed by atoms with E-state index in [0.29, 0.717) is 16.5 Å². The zero-order valence-corrected chi connectivity index (χ0v) is 16.6. The molecular formula is C20H27ClN2O4. The molecule has 1 aliphatic rings. The normalized spacial score (nSPS) is 20.4. The monoisotopic (exact) mass is 394 g/mol. The maximum Gasteiger partial charge on any atom is 0.308 e. The first kappa shape index (κ1) is 21.2. The van der Waals surface area contributed by atoms with Crippen LogP contribution in [0.2, 0.25) is 5.02 Å². The first-order valence-electron chi connectivity index (χ1n) is 9.40. The van der Waals surface area contributed by atoms with Gasteiger partial charge in [-0.3, -0.25) is 14.4 Å². The Morgan fingerprint density at radius 3 is 2.52 bits per heavy atom. The summed E-state index contributed by atoms with van der Waals surface area (Å²) in [4.78, 5) is 36.1. The molecule has 2 N–H and O–H groups in total. The van der Waals surface area contributed by atoms with Gasteiger partial charge in [-0.1, -0.05) is 31.4 Å². The van der Waals surface area contributed by atoms with Crippen LogP contribution in [0.15, 0.2) is 24.3 Å². The maximum absolute atomic E-state index is 12.2. The molecule has 0 saturated heterocycles. The SMILES string of the molecule is C[C@@H]1CCCC[C@@H]1NC(=O)[C@@H](C)OC(=O)CCNC(=O)c1ccc(Cl)cc1. The van der Waals surface area contributed by atoms with E-state index in [2.05, 4.69) is 17.6 Å². The molecule has 2 rings (SSSR count). The molecule has 0 heterocycles. The van der Waals surface area contributed by atoms with Crippen LogP contribution in [0.5, 0.6) is 0 Å². The molecule has 7 heteroatoms. The van der Waals surface area contributed by atoms with Crippen molar-refractivity contribution < 1.29 is 19.1 Å². The van der Waals surface area contributed by atoms with Crippen molar-refractivity contribution in [3.8, 4) is 0 Å². The van der Waals surface area contributed by atoms with E-state index in [0.717, 1.165) is 19.3 Å². The summed E-state index contributed by atoms with van der Waals surface area (Å²) >= 11 is 5.78. The van der Waals surface area contributed by atoms with E-state index in [4.69, 9.17) is 16.3 Å². The van der Waals surface area contributed by atoms with Crippen molar-refractivity contribution >= 4 is 29.4 Å². The van der Waals surface area contributed by atoms with Gasteiger partial charge >= 0.3 is 5.97 Å². The number of carbonyl (C=O) groups excluding carboxylic acids is 3. The number of amides is 2. The molecule has 0 bridgehead atoms. The molecule has 1 aromatic rings. The largest absolute Gasteiger partial charge is 0.452 e. The number of esters is 1. The lowest BCUT2D eigenvalue weighted by Gasteiger charge is -2.30. The van der Waals surface area contributed by atoms with Crippen LogP contribution < -0.4 is 10.6 Å². The molecule has 148 valence electrons. The highest BCUT2D eigenvalue weighted by Crippen LogP contribution is 2.23. The zero-order chi connectivity index (χ0) is 19.8. The molecule has 1 saturated carbocycles. The molecule has 0 radical (unpaired) electrons. The average molecular weight is 395 g/mol. The van der Waals surface area contributed by atoms with Crippen molar-refractivity contribution in [1.29, 1.82) is 0 Å². The maximum atomic E-state index is 12.2. The minimum Gasteiger partial charge on any atom is -0.452 e. The van der Waals surface area contributed by atoms with Crippen LogP contribution in [0.4, 0.5) is 0 Å². The van der Waals surface area contributed by atoms with E-state index in [1.165, 1.54) is 6.42 Å². The topological polar surface area (TPSA) is 84.5 Å².